The monoisotopic (exact) mass is 573 g/mol. The number of aliphatic hydroxyl groups is 1. The van der Waals surface area contributed by atoms with Crippen molar-refractivity contribution in [1.29, 1.82) is 0 Å². The molecule has 1 aromatic rings. The Morgan fingerprint density at radius 1 is 1.32 bits per heavy atom. The first-order chi connectivity index (χ1) is 15.7. The van der Waals surface area contributed by atoms with Crippen molar-refractivity contribution in [3.05, 3.63) is 44.9 Å². The van der Waals surface area contributed by atoms with Gasteiger partial charge in [0.2, 0.25) is 0 Å². The van der Waals surface area contributed by atoms with Crippen LogP contribution in [0.15, 0.2) is 39.3 Å². The average molecular weight is 575 g/mol. The first kappa shape index (κ1) is 30.4. The molecule has 0 unspecified atom stereocenters. The van der Waals surface area contributed by atoms with E-state index >= 15 is 0 Å². The number of carbonyl (C=O) groups excluding carboxylic acids is 1. The van der Waals surface area contributed by atoms with E-state index in [9.17, 15) is 14.7 Å². The summed E-state index contributed by atoms with van der Waals surface area (Å²) in [7, 11) is -2.38. The zero-order chi connectivity index (χ0) is 26.3. The molecule has 2 N–H and O–H groups in total. The highest BCUT2D eigenvalue weighted by Crippen LogP contribution is 2.41. The Bertz CT molecular complexity index is 953. The largest absolute Gasteiger partial charge is 0.506 e. The number of benzene rings is 1. The number of rotatable bonds is 12. The minimum Gasteiger partial charge on any atom is -0.506 e. The lowest BCUT2D eigenvalue weighted by molar-refractivity contribution is -0.137. The molecule has 9 heteroatoms. The quantitative estimate of drug-likeness (QED) is 0.0694. The van der Waals surface area contributed by atoms with Crippen LogP contribution < -0.4 is 4.74 Å². The van der Waals surface area contributed by atoms with E-state index in [1.165, 1.54) is 6.21 Å². The Balaban J connectivity index is 3.46. The highest BCUT2D eigenvalue weighted by molar-refractivity contribution is 9.10. The number of aliphatic imine (C=N–C) groups is 1. The molecule has 1 aromatic carbocycles. The molecule has 190 valence electrons. The van der Waals surface area contributed by atoms with Crippen molar-refractivity contribution in [3.63, 3.8) is 0 Å². The fourth-order valence-electron chi connectivity index (χ4n) is 2.98. The minimum absolute atomic E-state index is 0.119. The molecule has 0 spiro atoms. The molecule has 0 aliphatic rings. The van der Waals surface area contributed by atoms with Crippen molar-refractivity contribution in [2.24, 2.45) is 4.99 Å². The molecule has 1 atom stereocenters. The van der Waals surface area contributed by atoms with Crippen molar-refractivity contribution >= 4 is 53.8 Å². The number of hydrogen-bond acceptors (Lipinski definition) is 6. The van der Waals surface area contributed by atoms with E-state index in [0.717, 1.165) is 12.0 Å². The van der Waals surface area contributed by atoms with E-state index in [1.54, 1.807) is 19.1 Å². The van der Waals surface area contributed by atoms with Crippen LogP contribution in [-0.2, 0) is 9.53 Å². The van der Waals surface area contributed by atoms with Crippen molar-refractivity contribution in [1.82, 2.24) is 0 Å². The van der Waals surface area contributed by atoms with Crippen LogP contribution in [0.25, 0.3) is 5.76 Å². The first-order valence-corrected chi connectivity index (χ1v) is 15.4. The third-order valence-corrected chi connectivity index (χ3v) is 10.4. The Kier molecular flexibility index (Phi) is 11.5. The zero-order valence-corrected chi connectivity index (χ0v) is 24.5. The van der Waals surface area contributed by atoms with Crippen molar-refractivity contribution in [3.8, 4) is 5.75 Å². The van der Waals surface area contributed by atoms with Crippen molar-refractivity contribution < 1.29 is 24.2 Å². The second-order valence-electron chi connectivity index (χ2n) is 9.30. The van der Waals surface area contributed by atoms with E-state index in [0.29, 0.717) is 23.2 Å². The normalized spacial score (nSPS) is 14.1. The van der Waals surface area contributed by atoms with Crippen LogP contribution in [0.3, 0.4) is 0 Å². The second kappa shape index (κ2) is 12.9. The summed E-state index contributed by atoms with van der Waals surface area (Å²) in [6.07, 6.45) is 2.69. The highest BCUT2D eigenvalue weighted by Gasteiger charge is 2.38. The molecule has 0 saturated heterocycles. The van der Waals surface area contributed by atoms with Gasteiger partial charge in [0, 0.05) is 16.3 Å². The molecule has 34 heavy (non-hydrogen) atoms. The lowest BCUT2D eigenvalue weighted by atomic mass is 9.98. The molecule has 0 heterocycles. The van der Waals surface area contributed by atoms with Gasteiger partial charge in [-0.1, -0.05) is 53.5 Å². The summed E-state index contributed by atoms with van der Waals surface area (Å²) in [5.41, 5.74) is 0.910. The Hall–Kier alpha value is -1.61. The molecule has 6 nitrogen and oxygen atoms in total. The summed E-state index contributed by atoms with van der Waals surface area (Å²) in [4.78, 5) is 27.9. The molecular weight excluding hydrogens is 538 g/mol. The van der Waals surface area contributed by atoms with E-state index in [4.69, 9.17) is 21.1 Å². The summed E-state index contributed by atoms with van der Waals surface area (Å²) < 4.78 is 11.3. The van der Waals surface area contributed by atoms with E-state index in [1.807, 2.05) is 26.9 Å². The van der Waals surface area contributed by atoms with Crippen LogP contribution in [0, 0.1) is 0 Å². The number of aliphatic hydroxyl groups excluding tert-OH is 1. The summed E-state index contributed by atoms with van der Waals surface area (Å²) in [5.74, 6) is -0.709. The standard InChI is InChI=1S/C25H37BrClNO5Si/c1-9-32-21-14-17(26)13-18(22(21)27)23(29)19(24(30)33-10-2)15-28-20(16(3)4)11-12-25(5,6)34(7,8)31/h13-15,20,29,31H,3,9-12H2,1-2,4-8H3/t20-/m1/s1. The number of halogens is 2. The molecule has 0 radical (unpaired) electrons. The summed E-state index contributed by atoms with van der Waals surface area (Å²) in [6.45, 7) is 17.9. The predicted octanol–water partition coefficient (Wildman–Crippen LogP) is 7.11. The van der Waals surface area contributed by atoms with E-state index < -0.39 is 14.3 Å². The summed E-state index contributed by atoms with van der Waals surface area (Å²) in [6, 6.07) is 2.98. The number of nitrogens with zero attached hydrogens (tertiary/aromatic N) is 1. The first-order valence-electron chi connectivity index (χ1n) is 11.3. The maximum atomic E-state index is 12.7. The summed E-state index contributed by atoms with van der Waals surface area (Å²) in [5, 5.41) is 11.0. The molecule has 0 amide bonds. The van der Waals surface area contributed by atoms with Gasteiger partial charge in [-0.3, -0.25) is 4.99 Å². The van der Waals surface area contributed by atoms with Crippen molar-refractivity contribution in [2.75, 3.05) is 13.2 Å². The smallest absolute Gasteiger partial charge is 0.343 e. The zero-order valence-electron chi connectivity index (χ0n) is 21.2. The SMILES string of the molecule is C=C(C)[C@@H](CCC(C)(C)[Si](C)(C)O)N=CC(C(=O)OCC)=C(O)c1cc(Br)cc(OCC)c1Cl. The molecule has 0 saturated carbocycles. The third-order valence-electron chi connectivity index (χ3n) is 5.96. The van der Waals surface area contributed by atoms with Gasteiger partial charge >= 0.3 is 5.97 Å². The van der Waals surface area contributed by atoms with Gasteiger partial charge in [0.1, 0.15) is 17.1 Å². The highest BCUT2D eigenvalue weighted by atomic mass is 79.9. The Morgan fingerprint density at radius 3 is 2.44 bits per heavy atom. The lowest BCUT2D eigenvalue weighted by Gasteiger charge is -2.35. The second-order valence-corrected chi connectivity index (χ2v) is 15.1. The fraction of sp³-hybridized carbons (Fsp3) is 0.520. The topological polar surface area (TPSA) is 88.4 Å². The van der Waals surface area contributed by atoms with Crippen LogP contribution in [0.1, 0.15) is 53.0 Å². The minimum atomic E-state index is -2.38. The number of hydrogen-bond donors (Lipinski definition) is 2. The van der Waals surface area contributed by atoms with E-state index in [2.05, 4.69) is 41.3 Å². The number of esters is 1. The van der Waals surface area contributed by atoms with Crippen LogP contribution in [0.2, 0.25) is 23.2 Å². The van der Waals surface area contributed by atoms with Gasteiger partial charge in [0.05, 0.1) is 24.3 Å². The van der Waals surface area contributed by atoms with Crippen LogP contribution in [0.4, 0.5) is 0 Å². The van der Waals surface area contributed by atoms with E-state index in [-0.39, 0.29) is 39.6 Å². The Labute approximate surface area is 218 Å². The van der Waals surface area contributed by atoms with Gasteiger partial charge in [-0.05, 0) is 63.9 Å². The van der Waals surface area contributed by atoms with Gasteiger partial charge in [0.25, 0.3) is 0 Å². The predicted molar refractivity (Wildman–Crippen MR) is 147 cm³/mol. The number of carbonyl (C=O) groups is 1. The molecular formula is C25H37BrClNO5Si. The van der Waals surface area contributed by atoms with Gasteiger partial charge < -0.3 is 19.4 Å². The van der Waals surface area contributed by atoms with Gasteiger partial charge in [-0.15, -0.1) is 0 Å². The van der Waals surface area contributed by atoms with Gasteiger partial charge in [0.15, 0.2) is 8.32 Å². The van der Waals surface area contributed by atoms with Crippen LogP contribution in [-0.4, -0.2) is 49.7 Å². The molecule has 0 fully saturated rings. The van der Waals surface area contributed by atoms with Gasteiger partial charge in [-0.2, -0.15) is 0 Å². The average Bonchev–Trinajstić information content (AvgIpc) is 2.71. The maximum absolute atomic E-state index is 12.7. The van der Waals surface area contributed by atoms with Crippen molar-refractivity contribution in [2.45, 2.75) is 71.6 Å². The fourth-order valence-corrected chi connectivity index (χ4v) is 4.42. The molecule has 0 aliphatic heterocycles. The lowest BCUT2D eigenvalue weighted by Crippen LogP contribution is -2.39. The Morgan fingerprint density at radius 2 is 1.94 bits per heavy atom. The molecule has 0 aliphatic carbocycles. The third kappa shape index (κ3) is 8.25. The van der Waals surface area contributed by atoms with Crippen LogP contribution in [0.5, 0.6) is 5.75 Å². The van der Waals surface area contributed by atoms with Gasteiger partial charge in [-0.25, -0.2) is 4.79 Å². The molecule has 0 aromatic heterocycles. The maximum Gasteiger partial charge on any atom is 0.343 e. The molecule has 0 bridgehead atoms. The molecule has 1 rings (SSSR count). The number of ether oxygens (including phenoxy) is 2. The summed E-state index contributed by atoms with van der Waals surface area (Å²) >= 11 is 9.85. The van der Waals surface area contributed by atoms with Crippen LogP contribution >= 0.6 is 27.5 Å².